The molecular weight excluding hydrogens is 507 g/mol. The van der Waals surface area contributed by atoms with Gasteiger partial charge in [0.15, 0.2) is 0 Å². The van der Waals surface area contributed by atoms with Crippen LogP contribution in [-0.2, 0) is 17.0 Å². The van der Waals surface area contributed by atoms with Crippen LogP contribution in [0.1, 0.15) is 108 Å². The Labute approximate surface area is 237 Å². The molecule has 0 aromatic rings. The van der Waals surface area contributed by atoms with Gasteiger partial charge in [-0.2, -0.15) is 0 Å². The normalized spacial score (nSPS) is 33.8. The zero-order chi connectivity index (χ0) is 26.7. The van der Waals surface area contributed by atoms with E-state index in [2.05, 4.69) is 69.2 Å². The Bertz CT molecular complexity index is 460. The van der Waals surface area contributed by atoms with E-state index in [1.165, 1.54) is 38.5 Å². The number of nitrogens with zero attached hydrogens (tertiary/aromatic N) is 2. The van der Waals surface area contributed by atoms with Gasteiger partial charge in [-0.15, -0.1) is 25.2 Å². The molecule has 0 amide bonds. The second-order valence-electron chi connectivity index (χ2n) is 13.4. The van der Waals surface area contributed by atoms with Crippen molar-refractivity contribution in [3.8, 4) is 0 Å². The molecule has 4 unspecified atom stereocenters. The van der Waals surface area contributed by atoms with Crippen molar-refractivity contribution in [2.75, 3.05) is 13.1 Å². The van der Waals surface area contributed by atoms with E-state index in [1.807, 2.05) is 0 Å². The molecule has 4 atom stereocenters. The van der Waals surface area contributed by atoms with E-state index in [4.69, 9.17) is 29.2 Å². The van der Waals surface area contributed by atoms with Gasteiger partial charge in [-0.3, -0.25) is 0 Å². The van der Waals surface area contributed by atoms with Crippen LogP contribution in [-0.4, -0.2) is 25.2 Å². The molecule has 208 valence electrons. The zero-order valence-electron chi connectivity index (χ0n) is 24.7. The van der Waals surface area contributed by atoms with Crippen molar-refractivity contribution in [1.82, 2.24) is 0 Å². The molecular formula is C30H58Cl2N2Ti-2. The Morgan fingerprint density at radius 3 is 1.00 bits per heavy atom. The predicted octanol–water partition coefficient (Wildman–Crippen LogP) is 10.6. The zero-order valence-corrected chi connectivity index (χ0v) is 27.8. The Morgan fingerprint density at radius 2 is 0.800 bits per heavy atom. The third kappa shape index (κ3) is 11.5. The van der Waals surface area contributed by atoms with Gasteiger partial charge in [0.25, 0.3) is 0 Å². The van der Waals surface area contributed by atoms with Gasteiger partial charge in [-0.05, 0) is 61.2 Å². The van der Waals surface area contributed by atoms with E-state index >= 15 is 0 Å². The van der Waals surface area contributed by atoms with Gasteiger partial charge < -0.3 is 10.6 Å². The number of hydrogen-bond acceptors (Lipinski definition) is 0. The van der Waals surface area contributed by atoms with E-state index in [9.17, 15) is 0 Å². The standard InChI is InChI=1S/C30H58N2.2ClH.Ti/c1-19(2)25-15-23(9)16-26(20(3)4)29(25)31-13-11-12-14-32-30-27(21(5)6)17-24(10)18-28(30)22(7)8;;;/h19-30H,11-18H2,1-10H3;2*1H;/q-2;;;+2/p-2. The predicted molar refractivity (Wildman–Crippen MR) is 155 cm³/mol. The number of halogens is 2. The Hall–Kier alpha value is 1.21. The number of unbranched alkanes of at least 4 members (excludes halogenated alkanes) is 1. The second kappa shape index (κ2) is 17.7. The molecule has 2 rings (SSSR count). The molecule has 0 heterocycles. The van der Waals surface area contributed by atoms with Crippen molar-refractivity contribution < 1.29 is 17.0 Å². The maximum absolute atomic E-state index is 5.36. The van der Waals surface area contributed by atoms with Crippen LogP contribution in [0.25, 0.3) is 10.6 Å². The van der Waals surface area contributed by atoms with Crippen LogP contribution in [0, 0.1) is 59.2 Å². The van der Waals surface area contributed by atoms with Gasteiger partial charge in [-0.1, -0.05) is 106 Å². The SMILES string of the molecule is CC1CC(C(C)C)C([N-]CCCC[N-]C2C(C(C)C)CC(C)CC2C(C)C)C(C(C)C)C1.[Cl][Ti][Cl]. The summed E-state index contributed by atoms with van der Waals surface area (Å²) in [4.78, 5) is 0. The molecule has 2 nitrogen and oxygen atoms in total. The quantitative estimate of drug-likeness (QED) is 0.176. The first kappa shape index (κ1) is 34.2. The van der Waals surface area contributed by atoms with Crippen LogP contribution in [0.15, 0.2) is 0 Å². The fourth-order valence-corrected chi connectivity index (χ4v) is 7.16. The molecule has 0 aromatic heterocycles. The van der Waals surface area contributed by atoms with Crippen LogP contribution in [0.5, 0.6) is 0 Å². The monoisotopic (exact) mass is 564 g/mol. The van der Waals surface area contributed by atoms with Gasteiger partial charge in [0.1, 0.15) is 0 Å². The van der Waals surface area contributed by atoms with Crippen LogP contribution < -0.4 is 0 Å². The number of hydrogen-bond donors (Lipinski definition) is 0. The minimum absolute atomic E-state index is 0.556. The van der Waals surface area contributed by atoms with Gasteiger partial charge in [0.05, 0.1) is 0 Å². The van der Waals surface area contributed by atoms with Gasteiger partial charge >= 0.3 is 35.6 Å². The molecule has 0 aliphatic heterocycles. The summed E-state index contributed by atoms with van der Waals surface area (Å²) in [6.07, 6.45) is 7.92. The summed E-state index contributed by atoms with van der Waals surface area (Å²) in [5.41, 5.74) is 0. The summed E-state index contributed by atoms with van der Waals surface area (Å²) in [5, 5.41) is 10.7. The first-order valence-corrected chi connectivity index (χ1v) is 19.0. The van der Waals surface area contributed by atoms with Gasteiger partial charge in [0, 0.05) is 0 Å². The summed E-state index contributed by atoms with van der Waals surface area (Å²) in [5.74, 6) is 7.82. The fourth-order valence-electron chi connectivity index (χ4n) is 7.16. The Morgan fingerprint density at radius 1 is 0.571 bits per heavy atom. The maximum atomic E-state index is 5.36. The molecule has 2 aliphatic rings. The van der Waals surface area contributed by atoms with Crippen molar-refractivity contribution in [2.45, 2.75) is 120 Å². The first-order chi connectivity index (χ1) is 16.4. The third-order valence-electron chi connectivity index (χ3n) is 9.12. The van der Waals surface area contributed by atoms with Crippen LogP contribution >= 0.6 is 18.6 Å². The van der Waals surface area contributed by atoms with Crippen molar-refractivity contribution >= 4 is 18.6 Å². The van der Waals surface area contributed by atoms with Gasteiger partial charge in [-0.25, -0.2) is 0 Å². The molecule has 0 spiro atoms. The molecule has 0 saturated heterocycles. The second-order valence-corrected chi connectivity index (χ2v) is 15.9. The van der Waals surface area contributed by atoms with Crippen molar-refractivity contribution in [3.05, 3.63) is 10.6 Å². The third-order valence-corrected chi connectivity index (χ3v) is 9.12. The molecule has 0 bridgehead atoms. The van der Waals surface area contributed by atoms with Crippen molar-refractivity contribution in [1.29, 1.82) is 0 Å². The fraction of sp³-hybridized carbons (Fsp3) is 1.00. The topological polar surface area (TPSA) is 28.2 Å². The summed E-state index contributed by atoms with van der Waals surface area (Å²) < 4.78 is 0. The minimum atomic E-state index is -0.556. The van der Waals surface area contributed by atoms with E-state index in [0.717, 1.165) is 72.3 Å². The van der Waals surface area contributed by atoms with Crippen molar-refractivity contribution in [3.63, 3.8) is 0 Å². The van der Waals surface area contributed by atoms with E-state index in [1.54, 1.807) is 0 Å². The average Bonchev–Trinajstić information content (AvgIpc) is 2.76. The molecule has 35 heavy (non-hydrogen) atoms. The molecule has 2 aliphatic carbocycles. The summed E-state index contributed by atoms with van der Waals surface area (Å²) in [7, 11) is 9.78. The van der Waals surface area contributed by atoms with Crippen molar-refractivity contribution in [2.24, 2.45) is 59.2 Å². The number of rotatable bonds is 11. The summed E-state index contributed by atoms with van der Waals surface area (Å²) in [6.45, 7) is 26.4. The molecule has 2 fully saturated rings. The molecule has 5 heteroatoms. The molecule has 0 radical (unpaired) electrons. The average molecular weight is 566 g/mol. The van der Waals surface area contributed by atoms with Crippen LogP contribution in [0.4, 0.5) is 0 Å². The molecule has 0 aromatic carbocycles. The Kier molecular flexibility index (Phi) is 17.3. The summed E-state index contributed by atoms with van der Waals surface area (Å²) in [6, 6.07) is 1.16. The van der Waals surface area contributed by atoms with Crippen LogP contribution in [0.2, 0.25) is 0 Å². The molecule has 0 N–H and O–H groups in total. The van der Waals surface area contributed by atoms with E-state index in [-0.39, 0.29) is 0 Å². The first-order valence-electron chi connectivity index (χ1n) is 14.7. The van der Waals surface area contributed by atoms with E-state index in [0.29, 0.717) is 12.1 Å². The Balaban J connectivity index is 0.00000194. The summed E-state index contributed by atoms with van der Waals surface area (Å²) >= 11 is -0.556. The van der Waals surface area contributed by atoms with Crippen LogP contribution in [0.3, 0.4) is 0 Å². The molecule has 2 saturated carbocycles. The van der Waals surface area contributed by atoms with Gasteiger partial charge in [0.2, 0.25) is 0 Å². The van der Waals surface area contributed by atoms with E-state index < -0.39 is 17.0 Å².